The molecule has 0 radical (unpaired) electrons. The zero-order chi connectivity index (χ0) is 17.4. The van der Waals surface area contributed by atoms with Crippen LogP contribution in [0.3, 0.4) is 0 Å². The molecule has 1 aliphatic rings. The number of likely N-dealkylation sites (tertiary alicyclic amines) is 1. The van der Waals surface area contributed by atoms with Gasteiger partial charge in [-0.3, -0.25) is 9.69 Å². The minimum Gasteiger partial charge on any atom is -0.465 e. The van der Waals surface area contributed by atoms with E-state index in [0.29, 0.717) is 18.5 Å². The second-order valence-electron chi connectivity index (χ2n) is 6.71. The molecule has 0 aliphatic carbocycles. The zero-order valence-corrected chi connectivity index (χ0v) is 14.7. The molecule has 2 rings (SSSR count). The average Bonchev–Trinajstić information content (AvgIpc) is 3.08. The van der Waals surface area contributed by atoms with E-state index in [1.807, 2.05) is 24.3 Å². The topological polar surface area (TPSA) is 57.6 Å². The molecule has 1 aliphatic heterocycles. The normalized spacial score (nSPS) is 17.2. The fourth-order valence-electron chi connectivity index (χ4n) is 3.41. The van der Waals surface area contributed by atoms with Crippen molar-refractivity contribution in [3.63, 3.8) is 0 Å². The SMILES string of the molecule is CCCCCCCCc1ccc(C(=O)[C@@H]2CCCN2C(=O)O)cc1. The molecular formula is C20H29NO3. The molecule has 1 amide bonds. The number of amides is 1. The van der Waals surface area contributed by atoms with Gasteiger partial charge in [-0.2, -0.15) is 0 Å². The summed E-state index contributed by atoms with van der Waals surface area (Å²) >= 11 is 0. The third kappa shape index (κ3) is 5.08. The third-order valence-electron chi connectivity index (χ3n) is 4.86. The van der Waals surface area contributed by atoms with Gasteiger partial charge in [-0.1, -0.05) is 63.3 Å². The van der Waals surface area contributed by atoms with E-state index in [1.54, 1.807) is 0 Å². The number of hydrogen-bond acceptors (Lipinski definition) is 2. The first-order valence-corrected chi connectivity index (χ1v) is 9.26. The maximum atomic E-state index is 12.5. The van der Waals surface area contributed by atoms with E-state index in [9.17, 15) is 14.7 Å². The van der Waals surface area contributed by atoms with Gasteiger partial charge in [-0.05, 0) is 31.2 Å². The van der Waals surface area contributed by atoms with Crippen LogP contribution in [-0.2, 0) is 6.42 Å². The Balaban J connectivity index is 1.83. The minimum absolute atomic E-state index is 0.0685. The maximum Gasteiger partial charge on any atom is 0.407 e. The Bertz CT molecular complexity index is 538. The van der Waals surface area contributed by atoms with E-state index in [4.69, 9.17) is 0 Å². The van der Waals surface area contributed by atoms with Crippen LogP contribution in [0, 0.1) is 0 Å². The predicted molar refractivity (Wildman–Crippen MR) is 95.6 cm³/mol. The monoisotopic (exact) mass is 331 g/mol. The van der Waals surface area contributed by atoms with Gasteiger partial charge in [0.15, 0.2) is 5.78 Å². The van der Waals surface area contributed by atoms with Crippen molar-refractivity contribution in [1.29, 1.82) is 0 Å². The van der Waals surface area contributed by atoms with E-state index in [0.717, 1.165) is 12.8 Å². The van der Waals surface area contributed by atoms with E-state index >= 15 is 0 Å². The number of aryl methyl sites for hydroxylation is 1. The zero-order valence-electron chi connectivity index (χ0n) is 14.7. The van der Waals surface area contributed by atoms with Crippen LogP contribution in [0.2, 0.25) is 0 Å². The van der Waals surface area contributed by atoms with E-state index in [1.165, 1.54) is 49.0 Å². The molecular weight excluding hydrogens is 302 g/mol. The lowest BCUT2D eigenvalue weighted by molar-refractivity contribution is 0.0845. The molecule has 1 aromatic carbocycles. The van der Waals surface area contributed by atoms with E-state index < -0.39 is 12.1 Å². The highest BCUT2D eigenvalue weighted by molar-refractivity contribution is 6.01. The van der Waals surface area contributed by atoms with Crippen LogP contribution in [0.5, 0.6) is 0 Å². The number of benzene rings is 1. The fraction of sp³-hybridized carbons (Fsp3) is 0.600. The summed E-state index contributed by atoms with van der Waals surface area (Å²) in [6, 6.07) is 7.23. The van der Waals surface area contributed by atoms with Crippen molar-refractivity contribution >= 4 is 11.9 Å². The van der Waals surface area contributed by atoms with Crippen LogP contribution < -0.4 is 0 Å². The smallest absolute Gasteiger partial charge is 0.407 e. The van der Waals surface area contributed by atoms with Crippen molar-refractivity contribution in [2.45, 2.75) is 70.8 Å². The van der Waals surface area contributed by atoms with Gasteiger partial charge in [0.25, 0.3) is 0 Å². The predicted octanol–water partition coefficient (Wildman–Crippen LogP) is 4.91. The van der Waals surface area contributed by atoms with Crippen molar-refractivity contribution < 1.29 is 14.7 Å². The molecule has 0 saturated carbocycles. The van der Waals surface area contributed by atoms with Crippen molar-refractivity contribution in [2.75, 3.05) is 6.54 Å². The fourth-order valence-corrected chi connectivity index (χ4v) is 3.41. The molecule has 0 bridgehead atoms. The Labute approximate surface area is 144 Å². The second kappa shape index (κ2) is 9.45. The van der Waals surface area contributed by atoms with Crippen LogP contribution in [-0.4, -0.2) is 34.5 Å². The average molecular weight is 331 g/mol. The van der Waals surface area contributed by atoms with Gasteiger partial charge in [-0.25, -0.2) is 4.79 Å². The van der Waals surface area contributed by atoms with Gasteiger partial charge in [0.1, 0.15) is 0 Å². The summed E-state index contributed by atoms with van der Waals surface area (Å²) in [6.45, 7) is 2.69. The first-order valence-electron chi connectivity index (χ1n) is 9.26. The number of nitrogens with zero attached hydrogens (tertiary/aromatic N) is 1. The van der Waals surface area contributed by atoms with Crippen LogP contribution in [0.1, 0.15) is 74.2 Å². The largest absolute Gasteiger partial charge is 0.465 e. The molecule has 132 valence electrons. The number of rotatable bonds is 9. The number of carbonyl (C=O) groups excluding carboxylic acids is 1. The third-order valence-corrected chi connectivity index (χ3v) is 4.86. The minimum atomic E-state index is -0.995. The van der Waals surface area contributed by atoms with Crippen LogP contribution in [0.4, 0.5) is 4.79 Å². The molecule has 24 heavy (non-hydrogen) atoms. The molecule has 1 N–H and O–H groups in total. The Hall–Kier alpha value is -1.84. The number of unbranched alkanes of at least 4 members (excludes halogenated alkanes) is 5. The first kappa shape index (κ1) is 18.5. The summed E-state index contributed by atoms with van der Waals surface area (Å²) in [7, 11) is 0. The Kier molecular flexibility index (Phi) is 7.29. The standard InChI is InChI=1S/C20H29NO3/c1-2-3-4-5-6-7-9-16-11-13-17(14-12-16)19(22)18-10-8-15-21(18)20(23)24/h11-14,18H,2-10,15H2,1H3,(H,23,24)/t18-/m0/s1. The van der Waals surface area contributed by atoms with Gasteiger partial charge in [0.05, 0.1) is 6.04 Å². The number of carboxylic acid groups (broad SMARTS) is 1. The lowest BCUT2D eigenvalue weighted by atomic mass is 9.99. The molecule has 4 nitrogen and oxygen atoms in total. The van der Waals surface area contributed by atoms with Crippen molar-refractivity contribution in [1.82, 2.24) is 4.90 Å². The van der Waals surface area contributed by atoms with Crippen LogP contribution in [0.25, 0.3) is 0 Å². The first-order chi connectivity index (χ1) is 11.6. The molecule has 4 heteroatoms. The molecule has 0 spiro atoms. The summed E-state index contributed by atoms with van der Waals surface area (Å²) in [5, 5.41) is 9.17. The number of carbonyl (C=O) groups is 2. The summed E-state index contributed by atoms with van der Waals surface area (Å²) < 4.78 is 0. The van der Waals surface area contributed by atoms with Gasteiger partial charge in [-0.15, -0.1) is 0 Å². The second-order valence-corrected chi connectivity index (χ2v) is 6.71. The quantitative estimate of drug-likeness (QED) is 0.516. The van der Waals surface area contributed by atoms with E-state index in [-0.39, 0.29) is 5.78 Å². The molecule has 1 fully saturated rings. The molecule has 1 saturated heterocycles. The highest BCUT2D eigenvalue weighted by Crippen LogP contribution is 2.22. The maximum absolute atomic E-state index is 12.5. The lowest BCUT2D eigenvalue weighted by Crippen LogP contribution is -2.39. The summed E-state index contributed by atoms with van der Waals surface area (Å²) in [4.78, 5) is 25.0. The summed E-state index contributed by atoms with van der Waals surface area (Å²) in [5.41, 5.74) is 1.88. The highest BCUT2D eigenvalue weighted by Gasteiger charge is 2.34. The van der Waals surface area contributed by atoms with Crippen molar-refractivity contribution in [2.24, 2.45) is 0 Å². The Morgan fingerprint density at radius 2 is 1.75 bits per heavy atom. The van der Waals surface area contributed by atoms with Crippen molar-refractivity contribution in [3.05, 3.63) is 35.4 Å². The van der Waals surface area contributed by atoms with Crippen LogP contribution >= 0.6 is 0 Å². The summed E-state index contributed by atoms with van der Waals surface area (Å²) in [5.74, 6) is -0.0685. The van der Waals surface area contributed by atoms with Crippen LogP contribution in [0.15, 0.2) is 24.3 Å². The molecule has 1 heterocycles. The molecule has 0 unspecified atom stereocenters. The number of Topliss-reactive ketones (excluding diaryl/α,β-unsaturated/α-hetero) is 1. The molecule has 1 aromatic rings. The summed E-state index contributed by atoms with van der Waals surface area (Å²) in [6.07, 6.45) is 9.12. The Morgan fingerprint density at radius 1 is 1.08 bits per heavy atom. The molecule has 1 atom stereocenters. The molecule has 0 aromatic heterocycles. The lowest BCUT2D eigenvalue weighted by Gasteiger charge is -2.20. The van der Waals surface area contributed by atoms with Gasteiger partial charge in [0.2, 0.25) is 0 Å². The van der Waals surface area contributed by atoms with Gasteiger partial charge < -0.3 is 5.11 Å². The van der Waals surface area contributed by atoms with Gasteiger partial charge >= 0.3 is 6.09 Å². The van der Waals surface area contributed by atoms with Crippen molar-refractivity contribution in [3.8, 4) is 0 Å². The highest BCUT2D eigenvalue weighted by atomic mass is 16.4. The van der Waals surface area contributed by atoms with E-state index in [2.05, 4.69) is 6.92 Å². The number of hydrogen-bond donors (Lipinski definition) is 1. The van der Waals surface area contributed by atoms with Gasteiger partial charge in [0, 0.05) is 12.1 Å². The number of ketones is 1. The Morgan fingerprint density at radius 3 is 2.42 bits per heavy atom.